The molecule has 0 radical (unpaired) electrons. The van der Waals surface area contributed by atoms with E-state index in [1.165, 1.54) is 0 Å². The predicted molar refractivity (Wildman–Crippen MR) is 148 cm³/mol. The van der Waals surface area contributed by atoms with Crippen LogP contribution in [0.15, 0.2) is 87.6 Å². The number of hydrogen-bond acceptors (Lipinski definition) is 8. The molecule has 1 aromatic heterocycles. The van der Waals surface area contributed by atoms with Crippen molar-refractivity contribution in [2.45, 2.75) is 38.5 Å². The van der Waals surface area contributed by atoms with Crippen LogP contribution >= 0.6 is 0 Å². The molecule has 8 nitrogen and oxygen atoms in total. The van der Waals surface area contributed by atoms with Gasteiger partial charge in [-0.15, -0.1) is 0 Å². The first-order valence-electron chi connectivity index (χ1n) is 13.3. The van der Waals surface area contributed by atoms with Crippen LogP contribution in [0.3, 0.4) is 0 Å². The maximum absolute atomic E-state index is 13.8. The standard InChI is InChI=1S/C32H33NO7/c1-19-10-12-27(40-19)31-29(32(35)39-15-14-38-23-8-6-5-7-9-23)20(2)33-24-16-22(17-25(34)30(24)31)21-11-13-26(36-3)28(18-21)37-4/h5-13,18,22,31,33H,14-17H2,1-4H3/t22-,31-/m0/s1. The molecular weight excluding hydrogens is 510 g/mol. The average Bonchev–Trinajstić information content (AvgIpc) is 3.40. The van der Waals surface area contributed by atoms with Gasteiger partial charge in [0, 0.05) is 23.4 Å². The largest absolute Gasteiger partial charge is 0.493 e. The fourth-order valence-corrected chi connectivity index (χ4v) is 5.43. The number of ether oxygens (including phenoxy) is 4. The molecule has 0 saturated heterocycles. The lowest BCUT2D eigenvalue weighted by atomic mass is 9.73. The van der Waals surface area contributed by atoms with E-state index in [1.54, 1.807) is 14.2 Å². The Labute approximate surface area is 233 Å². The zero-order chi connectivity index (χ0) is 28.2. The Morgan fingerprint density at radius 2 is 1.73 bits per heavy atom. The number of carbonyl (C=O) groups excluding carboxylic acids is 2. The van der Waals surface area contributed by atoms with E-state index in [0.29, 0.717) is 58.5 Å². The molecule has 3 aromatic rings. The Morgan fingerprint density at radius 3 is 2.42 bits per heavy atom. The molecule has 1 aliphatic heterocycles. The Hall–Kier alpha value is -4.46. The van der Waals surface area contributed by atoms with Gasteiger partial charge in [0.05, 0.1) is 25.7 Å². The highest BCUT2D eigenvalue weighted by Gasteiger charge is 2.43. The maximum Gasteiger partial charge on any atom is 0.336 e. The summed E-state index contributed by atoms with van der Waals surface area (Å²) in [7, 11) is 3.19. The molecule has 8 heteroatoms. The Morgan fingerprint density at radius 1 is 0.950 bits per heavy atom. The number of methoxy groups -OCH3 is 2. The summed E-state index contributed by atoms with van der Waals surface area (Å²) >= 11 is 0. The molecule has 0 unspecified atom stereocenters. The number of esters is 1. The van der Waals surface area contributed by atoms with Crippen molar-refractivity contribution in [2.24, 2.45) is 0 Å². The van der Waals surface area contributed by atoms with Crippen molar-refractivity contribution in [3.8, 4) is 17.2 Å². The maximum atomic E-state index is 13.8. The normalized spacial score (nSPS) is 18.6. The second-order valence-corrected chi connectivity index (χ2v) is 9.88. The van der Waals surface area contributed by atoms with Gasteiger partial charge in [-0.3, -0.25) is 4.79 Å². The highest BCUT2D eigenvalue weighted by molar-refractivity contribution is 6.04. The number of carbonyl (C=O) groups is 2. The van der Waals surface area contributed by atoms with E-state index in [-0.39, 0.29) is 24.9 Å². The SMILES string of the molecule is COc1ccc([C@@H]2CC(=O)C3=C(C2)NC(C)=C(C(=O)OCCOc2ccccc2)[C@@H]3c2ccc(C)o2)cc1OC. The highest BCUT2D eigenvalue weighted by Crippen LogP contribution is 2.46. The van der Waals surface area contributed by atoms with Crippen LogP contribution in [0.4, 0.5) is 0 Å². The third-order valence-electron chi connectivity index (χ3n) is 7.30. The van der Waals surface area contributed by atoms with E-state index in [2.05, 4.69) is 5.32 Å². The van der Waals surface area contributed by atoms with Crippen LogP contribution in [0, 0.1) is 6.92 Å². The number of Topliss-reactive ketones (excluding diaryl/α,β-unsaturated/α-hetero) is 1. The highest BCUT2D eigenvalue weighted by atomic mass is 16.6. The summed E-state index contributed by atoms with van der Waals surface area (Å²) < 4.78 is 28.1. The van der Waals surface area contributed by atoms with Gasteiger partial charge < -0.3 is 28.7 Å². The van der Waals surface area contributed by atoms with Crippen molar-refractivity contribution in [1.82, 2.24) is 5.32 Å². The number of aryl methyl sites for hydroxylation is 1. The molecule has 0 fully saturated rings. The van der Waals surface area contributed by atoms with Gasteiger partial charge in [0.15, 0.2) is 17.3 Å². The fourth-order valence-electron chi connectivity index (χ4n) is 5.43. The molecule has 2 heterocycles. The first-order chi connectivity index (χ1) is 19.4. The van der Waals surface area contributed by atoms with Crippen molar-refractivity contribution >= 4 is 11.8 Å². The van der Waals surface area contributed by atoms with Crippen molar-refractivity contribution in [1.29, 1.82) is 0 Å². The van der Waals surface area contributed by atoms with E-state index >= 15 is 0 Å². The molecule has 2 aliphatic rings. The molecule has 0 bridgehead atoms. The summed E-state index contributed by atoms with van der Waals surface area (Å²) in [5.74, 6) is 1.91. The minimum atomic E-state index is -0.661. The van der Waals surface area contributed by atoms with Crippen molar-refractivity contribution < 1.29 is 33.0 Å². The molecule has 1 aliphatic carbocycles. The summed E-state index contributed by atoms with van der Waals surface area (Å²) in [5, 5.41) is 3.36. The van der Waals surface area contributed by atoms with E-state index < -0.39 is 11.9 Å². The monoisotopic (exact) mass is 543 g/mol. The van der Waals surface area contributed by atoms with Crippen LogP contribution in [0.5, 0.6) is 17.2 Å². The van der Waals surface area contributed by atoms with Gasteiger partial charge >= 0.3 is 5.97 Å². The zero-order valence-corrected chi connectivity index (χ0v) is 23.1. The number of allylic oxidation sites excluding steroid dienone is 3. The van der Waals surface area contributed by atoms with Crippen molar-refractivity contribution in [2.75, 3.05) is 27.4 Å². The van der Waals surface area contributed by atoms with E-state index in [4.69, 9.17) is 23.4 Å². The molecular formula is C32H33NO7. The molecule has 2 atom stereocenters. The summed E-state index contributed by atoms with van der Waals surface area (Å²) in [6, 6.07) is 18.7. The van der Waals surface area contributed by atoms with E-state index in [9.17, 15) is 9.59 Å². The van der Waals surface area contributed by atoms with Crippen molar-refractivity contribution in [3.63, 3.8) is 0 Å². The number of nitrogens with one attached hydrogen (secondary N) is 1. The van der Waals surface area contributed by atoms with E-state index in [1.807, 2.05) is 74.5 Å². The lowest BCUT2D eigenvalue weighted by Crippen LogP contribution is -2.36. The van der Waals surface area contributed by atoms with Gasteiger partial charge in [-0.1, -0.05) is 24.3 Å². The molecule has 0 amide bonds. The van der Waals surface area contributed by atoms with Crippen LogP contribution in [-0.4, -0.2) is 39.2 Å². The molecule has 208 valence electrons. The molecule has 0 spiro atoms. The van der Waals surface area contributed by atoms with Gasteiger partial charge in [0.25, 0.3) is 0 Å². The first kappa shape index (κ1) is 27.1. The summed E-state index contributed by atoms with van der Waals surface area (Å²) in [5.41, 5.74) is 3.31. The fraction of sp³-hybridized carbons (Fsp3) is 0.312. The number of para-hydroxylation sites is 1. The average molecular weight is 544 g/mol. The minimum absolute atomic E-state index is 0.0437. The number of ketones is 1. The van der Waals surface area contributed by atoms with Crippen LogP contribution in [-0.2, 0) is 14.3 Å². The molecule has 0 saturated carbocycles. The molecule has 1 N–H and O–H groups in total. The number of hydrogen-bond donors (Lipinski definition) is 1. The quantitative estimate of drug-likeness (QED) is 0.276. The molecule has 5 rings (SSSR count). The zero-order valence-electron chi connectivity index (χ0n) is 23.1. The molecule has 40 heavy (non-hydrogen) atoms. The third-order valence-corrected chi connectivity index (χ3v) is 7.30. The van der Waals surface area contributed by atoms with Gasteiger partial charge in [-0.2, -0.15) is 0 Å². The number of dihydropyridines is 1. The molecule has 2 aromatic carbocycles. The van der Waals surface area contributed by atoms with Gasteiger partial charge in [0.2, 0.25) is 0 Å². The van der Waals surface area contributed by atoms with Crippen LogP contribution in [0.2, 0.25) is 0 Å². The predicted octanol–water partition coefficient (Wildman–Crippen LogP) is 5.59. The van der Waals surface area contributed by atoms with Gasteiger partial charge in [-0.25, -0.2) is 4.79 Å². The topological polar surface area (TPSA) is 96.2 Å². The first-order valence-corrected chi connectivity index (χ1v) is 13.3. The Bertz CT molecular complexity index is 1470. The van der Waals surface area contributed by atoms with Crippen LogP contribution in [0.25, 0.3) is 0 Å². The second-order valence-electron chi connectivity index (χ2n) is 9.88. The lowest BCUT2D eigenvalue weighted by Gasteiger charge is -2.35. The lowest BCUT2D eigenvalue weighted by molar-refractivity contribution is -0.140. The smallest absolute Gasteiger partial charge is 0.336 e. The summed E-state index contributed by atoms with van der Waals surface area (Å²) in [4.78, 5) is 27.2. The number of benzene rings is 2. The minimum Gasteiger partial charge on any atom is -0.493 e. The number of furan rings is 1. The van der Waals surface area contributed by atoms with Gasteiger partial charge in [0.1, 0.15) is 30.5 Å². The number of rotatable bonds is 9. The summed E-state index contributed by atoms with van der Waals surface area (Å²) in [6.45, 7) is 3.94. The van der Waals surface area contributed by atoms with E-state index in [0.717, 1.165) is 11.3 Å². The van der Waals surface area contributed by atoms with Crippen LogP contribution < -0.4 is 19.5 Å². The van der Waals surface area contributed by atoms with Gasteiger partial charge in [-0.05, 0) is 68.1 Å². The Kier molecular flexibility index (Phi) is 7.96. The Balaban J connectivity index is 1.40. The third kappa shape index (κ3) is 5.47. The summed E-state index contributed by atoms with van der Waals surface area (Å²) in [6.07, 6.45) is 0.885. The van der Waals surface area contributed by atoms with Crippen LogP contribution in [0.1, 0.15) is 48.7 Å². The second kappa shape index (κ2) is 11.7. The van der Waals surface area contributed by atoms with Crippen molar-refractivity contribution in [3.05, 3.63) is 100 Å².